The summed E-state index contributed by atoms with van der Waals surface area (Å²) in [5.41, 5.74) is 1.33. The molecule has 0 radical (unpaired) electrons. The van der Waals surface area contributed by atoms with Crippen LogP contribution in [0, 0.1) is 0 Å². The summed E-state index contributed by atoms with van der Waals surface area (Å²) >= 11 is 0. The molecule has 7 nitrogen and oxygen atoms in total. The SMILES string of the molecule is CC(NC(=O)c1ccc(N2CCN(C=O)CC2)nn1)c1ccccc1. The summed E-state index contributed by atoms with van der Waals surface area (Å²) in [6.45, 7) is 4.69. The molecule has 7 heteroatoms. The number of carbonyl (C=O) groups excluding carboxylic acids is 2. The fourth-order valence-electron chi connectivity index (χ4n) is 2.77. The molecule has 1 N–H and O–H groups in total. The molecule has 1 aromatic carbocycles. The monoisotopic (exact) mass is 339 g/mol. The van der Waals surface area contributed by atoms with Crippen molar-refractivity contribution in [3.05, 3.63) is 53.7 Å². The standard InChI is InChI=1S/C18H21N5O2/c1-14(15-5-3-2-4-6-15)19-18(25)16-7-8-17(21-20-16)23-11-9-22(13-24)10-12-23/h2-8,13-14H,9-12H2,1H3,(H,19,25). The van der Waals surface area contributed by atoms with Crippen LogP contribution in [0.25, 0.3) is 0 Å². The lowest BCUT2D eigenvalue weighted by molar-refractivity contribution is -0.118. The summed E-state index contributed by atoms with van der Waals surface area (Å²) in [6.07, 6.45) is 0.865. The highest BCUT2D eigenvalue weighted by atomic mass is 16.2. The van der Waals surface area contributed by atoms with Gasteiger partial charge in [-0.25, -0.2) is 0 Å². The number of nitrogens with one attached hydrogen (secondary N) is 1. The topological polar surface area (TPSA) is 78.4 Å². The van der Waals surface area contributed by atoms with Crippen molar-refractivity contribution >= 4 is 18.1 Å². The van der Waals surface area contributed by atoms with E-state index in [0.717, 1.165) is 17.8 Å². The van der Waals surface area contributed by atoms with Gasteiger partial charge in [-0.15, -0.1) is 10.2 Å². The number of benzene rings is 1. The lowest BCUT2D eigenvalue weighted by Crippen LogP contribution is -2.46. The molecule has 1 saturated heterocycles. The summed E-state index contributed by atoms with van der Waals surface area (Å²) < 4.78 is 0. The van der Waals surface area contributed by atoms with Gasteiger partial charge in [0.25, 0.3) is 5.91 Å². The number of anilines is 1. The Balaban J connectivity index is 1.60. The molecule has 1 unspecified atom stereocenters. The van der Waals surface area contributed by atoms with Crippen LogP contribution >= 0.6 is 0 Å². The van der Waals surface area contributed by atoms with Gasteiger partial charge >= 0.3 is 0 Å². The van der Waals surface area contributed by atoms with Gasteiger partial charge < -0.3 is 15.1 Å². The molecule has 3 rings (SSSR count). The molecule has 0 aliphatic carbocycles. The summed E-state index contributed by atoms with van der Waals surface area (Å²) in [5.74, 6) is 0.472. The van der Waals surface area contributed by atoms with Crippen LogP contribution in [0.3, 0.4) is 0 Å². The number of piperazine rings is 1. The zero-order valence-corrected chi connectivity index (χ0v) is 14.1. The number of nitrogens with zero attached hydrogens (tertiary/aromatic N) is 4. The smallest absolute Gasteiger partial charge is 0.272 e. The maximum atomic E-state index is 12.3. The first-order valence-corrected chi connectivity index (χ1v) is 8.31. The van der Waals surface area contributed by atoms with Gasteiger partial charge in [0.1, 0.15) is 0 Å². The first-order chi connectivity index (χ1) is 12.2. The average Bonchev–Trinajstić information content (AvgIpc) is 2.69. The number of carbonyl (C=O) groups is 2. The van der Waals surface area contributed by atoms with Crippen LogP contribution in [0.2, 0.25) is 0 Å². The van der Waals surface area contributed by atoms with Crippen LogP contribution in [-0.4, -0.2) is 53.6 Å². The third-order valence-electron chi connectivity index (χ3n) is 4.32. The molecule has 1 aliphatic rings. The number of rotatable bonds is 5. The lowest BCUT2D eigenvalue weighted by atomic mass is 10.1. The maximum absolute atomic E-state index is 12.3. The molecule has 1 fully saturated rings. The molecular formula is C18H21N5O2. The van der Waals surface area contributed by atoms with Crippen molar-refractivity contribution in [1.82, 2.24) is 20.4 Å². The van der Waals surface area contributed by atoms with E-state index < -0.39 is 0 Å². The summed E-state index contributed by atoms with van der Waals surface area (Å²) in [6, 6.07) is 13.1. The average molecular weight is 339 g/mol. The molecule has 2 heterocycles. The lowest BCUT2D eigenvalue weighted by Gasteiger charge is -2.32. The third-order valence-corrected chi connectivity index (χ3v) is 4.32. The van der Waals surface area contributed by atoms with Crippen molar-refractivity contribution in [3.63, 3.8) is 0 Å². The van der Waals surface area contributed by atoms with Gasteiger partial charge in [0.2, 0.25) is 6.41 Å². The van der Waals surface area contributed by atoms with Crippen molar-refractivity contribution < 1.29 is 9.59 Å². The van der Waals surface area contributed by atoms with E-state index in [1.54, 1.807) is 17.0 Å². The van der Waals surface area contributed by atoms with E-state index in [1.807, 2.05) is 37.3 Å². The van der Waals surface area contributed by atoms with Gasteiger partial charge in [0, 0.05) is 26.2 Å². The van der Waals surface area contributed by atoms with Crippen molar-refractivity contribution in [2.24, 2.45) is 0 Å². The van der Waals surface area contributed by atoms with Crippen molar-refractivity contribution in [2.75, 3.05) is 31.1 Å². The molecule has 0 saturated carbocycles. The van der Waals surface area contributed by atoms with Gasteiger partial charge in [-0.2, -0.15) is 0 Å². The molecule has 1 aromatic heterocycles. The van der Waals surface area contributed by atoms with Crippen LogP contribution in [-0.2, 0) is 4.79 Å². The van der Waals surface area contributed by atoms with Crippen LogP contribution < -0.4 is 10.2 Å². The predicted molar refractivity (Wildman–Crippen MR) is 94.2 cm³/mol. The van der Waals surface area contributed by atoms with Crippen molar-refractivity contribution in [1.29, 1.82) is 0 Å². The van der Waals surface area contributed by atoms with Gasteiger partial charge in [0.05, 0.1) is 6.04 Å². The van der Waals surface area contributed by atoms with E-state index in [9.17, 15) is 9.59 Å². The van der Waals surface area contributed by atoms with Gasteiger partial charge in [-0.3, -0.25) is 9.59 Å². The first-order valence-electron chi connectivity index (χ1n) is 8.31. The van der Waals surface area contributed by atoms with Gasteiger partial charge in [-0.1, -0.05) is 30.3 Å². The molecule has 2 amide bonds. The minimum Gasteiger partial charge on any atom is -0.352 e. The Morgan fingerprint density at radius 1 is 1.08 bits per heavy atom. The first kappa shape index (κ1) is 16.9. The Morgan fingerprint density at radius 3 is 2.40 bits per heavy atom. The Hall–Kier alpha value is -2.96. The number of amides is 2. The second-order valence-electron chi connectivity index (χ2n) is 6.01. The minimum atomic E-state index is -0.249. The van der Waals surface area contributed by atoms with E-state index in [-0.39, 0.29) is 17.6 Å². The summed E-state index contributed by atoms with van der Waals surface area (Å²) in [5, 5.41) is 11.1. The Morgan fingerprint density at radius 2 is 1.80 bits per heavy atom. The molecule has 0 bridgehead atoms. The fourth-order valence-corrected chi connectivity index (χ4v) is 2.77. The van der Waals surface area contributed by atoms with E-state index >= 15 is 0 Å². The molecule has 25 heavy (non-hydrogen) atoms. The Kier molecular flexibility index (Phi) is 5.23. The van der Waals surface area contributed by atoms with Crippen molar-refractivity contribution in [3.8, 4) is 0 Å². The van der Waals surface area contributed by atoms with Crippen LogP contribution in [0.1, 0.15) is 29.0 Å². The largest absolute Gasteiger partial charge is 0.352 e. The Labute approximate surface area is 146 Å². The minimum absolute atomic E-state index is 0.105. The van der Waals surface area contributed by atoms with Crippen LogP contribution in [0.15, 0.2) is 42.5 Å². The van der Waals surface area contributed by atoms with Crippen LogP contribution in [0.5, 0.6) is 0 Å². The van der Waals surface area contributed by atoms with Crippen molar-refractivity contribution in [2.45, 2.75) is 13.0 Å². The number of aromatic nitrogens is 2. The number of hydrogen-bond donors (Lipinski definition) is 1. The highest BCUT2D eigenvalue weighted by molar-refractivity contribution is 5.92. The third kappa shape index (κ3) is 4.12. The maximum Gasteiger partial charge on any atom is 0.272 e. The van der Waals surface area contributed by atoms with Gasteiger partial charge in [-0.05, 0) is 24.6 Å². The predicted octanol–water partition coefficient (Wildman–Crippen LogP) is 1.25. The molecule has 1 aliphatic heterocycles. The summed E-state index contributed by atoms with van der Waals surface area (Å²) in [4.78, 5) is 26.9. The molecule has 130 valence electrons. The van der Waals surface area contributed by atoms with E-state index in [4.69, 9.17) is 0 Å². The zero-order chi connectivity index (χ0) is 17.6. The molecule has 1 atom stereocenters. The quantitative estimate of drug-likeness (QED) is 0.830. The Bertz CT molecular complexity index is 712. The second kappa shape index (κ2) is 7.74. The fraction of sp³-hybridized carbons (Fsp3) is 0.333. The summed E-state index contributed by atoms with van der Waals surface area (Å²) in [7, 11) is 0. The van der Waals surface area contributed by atoms with E-state index in [0.29, 0.717) is 26.2 Å². The second-order valence-corrected chi connectivity index (χ2v) is 6.01. The van der Waals surface area contributed by atoms with E-state index in [2.05, 4.69) is 20.4 Å². The van der Waals surface area contributed by atoms with E-state index in [1.165, 1.54) is 0 Å². The number of hydrogen-bond acceptors (Lipinski definition) is 5. The zero-order valence-electron chi connectivity index (χ0n) is 14.1. The molecule has 2 aromatic rings. The molecule has 0 spiro atoms. The van der Waals surface area contributed by atoms with Crippen LogP contribution in [0.4, 0.5) is 5.82 Å². The molecular weight excluding hydrogens is 318 g/mol. The highest BCUT2D eigenvalue weighted by Gasteiger charge is 2.18. The normalized spacial score (nSPS) is 15.6. The highest BCUT2D eigenvalue weighted by Crippen LogP contribution is 2.14. The van der Waals surface area contributed by atoms with Gasteiger partial charge in [0.15, 0.2) is 11.5 Å².